The highest BCUT2D eigenvalue weighted by Crippen LogP contribution is 2.27. The minimum Gasteiger partial charge on any atom is -0.483 e. The van der Waals surface area contributed by atoms with Gasteiger partial charge in [-0.2, -0.15) is 5.26 Å². The van der Waals surface area contributed by atoms with E-state index in [-0.39, 0.29) is 29.6 Å². The number of nitrogens with zero attached hydrogens (tertiary/aromatic N) is 2. The number of aryl methyl sites for hydroxylation is 1. The molecule has 6 nitrogen and oxygen atoms in total. The SMILES string of the molecule is Cc1nc2cc(NC(=O)COc3ccc(Cl)cc3C(=O)c3cccc(C#N)c3)ccc2s1. The van der Waals surface area contributed by atoms with Crippen molar-refractivity contribution in [1.82, 2.24) is 4.98 Å². The number of rotatable bonds is 6. The van der Waals surface area contributed by atoms with Gasteiger partial charge in [0, 0.05) is 16.3 Å². The topological polar surface area (TPSA) is 92.1 Å². The van der Waals surface area contributed by atoms with Gasteiger partial charge >= 0.3 is 0 Å². The summed E-state index contributed by atoms with van der Waals surface area (Å²) in [6.07, 6.45) is 0. The molecule has 0 unspecified atom stereocenters. The average Bonchev–Trinajstić information content (AvgIpc) is 3.17. The Morgan fingerprint density at radius 3 is 2.81 bits per heavy atom. The molecule has 32 heavy (non-hydrogen) atoms. The van der Waals surface area contributed by atoms with Crippen LogP contribution in [0.15, 0.2) is 60.7 Å². The van der Waals surface area contributed by atoms with Gasteiger partial charge in [0.05, 0.1) is 32.4 Å². The predicted molar refractivity (Wildman–Crippen MR) is 125 cm³/mol. The van der Waals surface area contributed by atoms with E-state index in [9.17, 15) is 9.59 Å². The number of ether oxygens (including phenoxy) is 1. The number of anilines is 1. The first-order valence-electron chi connectivity index (χ1n) is 9.57. The summed E-state index contributed by atoms with van der Waals surface area (Å²) in [5.41, 5.74) is 2.33. The average molecular weight is 462 g/mol. The number of nitrogens with one attached hydrogen (secondary N) is 1. The Kier molecular flexibility index (Phi) is 6.17. The smallest absolute Gasteiger partial charge is 0.262 e. The summed E-state index contributed by atoms with van der Waals surface area (Å²) in [4.78, 5) is 29.8. The second-order valence-electron chi connectivity index (χ2n) is 6.91. The molecule has 4 aromatic rings. The van der Waals surface area contributed by atoms with E-state index < -0.39 is 0 Å². The fourth-order valence-electron chi connectivity index (χ4n) is 3.15. The molecule has 1 heterocycles. The Balaban J connectivity index is 1.49. The second kappa shape index (κ2) is 9.18. The van der Waals surface area contributed by atoms with Gasteiger partial charge in [0.1, 0.15) is 5.75 Å². The van der Waals surface area contributed by atoms with Crippen molar-refractivity contribution in [2.45, 2.75) is 6.92 Å². The molecule has 0 spiro atoms. The molecule has 1 aromatic heterocycles. The van der Waals surface area contributed by atoms with Gasteiger partial charge in [0.15, 0.2) is 12.4 Å². The van der Waals surface area contributed by atoms with Gasteiger partial charge in [-0.15, -0.1) is 11.3 Å². The molecular weight excluding hydrogens is 446 g/mol. The van der Waals surface area contributed by atoms with Gasteiger partial charge in [-0.3, -0.25) is 9.59 Å². The zero-order valence-corrected chi connectivity index (χ0v) is 18.5. The monoisotopic (exact) mass is 461 g/mol. The van der Waals surface area contributed by atoms with Gasteiger partial charge in [0.25, 0.3) is 5.91 Å². The second-order valence-corrected chi connectivity index (χ2v) is 8.59. The van der Waals surface area contributed by atoms with Crippen LogP contribution < -0.4 is 10.1 Å². The van der Waals surface area contributed by atoms with E-state index in [1.165, 1.54) is 12.1 Å². The lowest BCUT2D eigenvalue weighted by Gasteiger charge is -2.12. The van der Waals surface area contributed by atoms with Crippen LogP contribution in [-0.2, 0) is 4.79 Å². The van der Waals surface area contributed by atoms with Crippen LogP contribution in [0.4, 0.5) is 5.69 Å². The number of hydrogen-bond acceptors (Lipinski definition) is 6. The van der Waals surface area contributed by atoms with Crippen LogP contribution in [0.2, 0.25) is 5.02 Å². The van der Waals surface area contributed by atoms with Crippen LogP contribution in [0.1, 0.15) is 26.5 Å². The molecule has 0 aliphatic heterocycles. The number of carbonyl (C=O) groups is 2. The molecule has 0 fully saturated rings. The fourth-order valence-corrected chi connectivity index (χ4v) is 4.13. The molecule has 0 atom stereocenters. The molecule has 1 N–H and O–H groups in total. The molecule has 0 saturated heterocycles. The van der Waals surface area contributed by atoms with Crippen LogP contribution in [0.3, 0.4) is 0 Å². The molecule has 0 radical (unpaired) electrons. The van der Waals surface area contributed by atoms with E-state index in [0.717, 1.165) is 15.2 Å². The summed E-state index contributed by atoms with van der Waals surface area (Å²) in [6, 6.07) is 18.5. The number of ketones is 1. The van der Waals surface area contributed by atoms with Crippen molar-refractivity contribution in [3.8, 4) is 11.8 Å². The number of benzene rings is 3. The predicted octanol–water partition coefficient (Wildman–Crippen LogP) is 5.38. The standard InChI is InChI=1S/C24H16ClN3O3S/c1-14-27-20-11-18(6-8-22(20)32-14)28-23(29)13-31-21-7-5-17(25)10-19(21)24(30)16-4-2-3-15(9-16)12-26/h2-11H,13H2,1H3,(H,28,29). The molecule has 3 aromatic carbocycles. The molecule has 8 heteroatoms. The molecule has 0 bridgehead atoms. The van der Waals surface area contributed by atoms with Gasteiger partial charge in [-0.05, 0) is 55.5 Å². The van der Waals surface area contributed by atoms with Crippen molar-refractivity contribution in [3.05, 3.63) is 87.4 Å². The number of fused-ring (bicyclic) bond motifs is 1. The minimum atomic E-state index is -0.379. The molecule has 158 valence electrons. The van der Waals surface area contributed by atoms with Crippen molar-refractivity contribution in [2.75, 3.05) is 11.9 Å². The largest absolute Gasteiger partial charge is 0.483 e. The molecule has 1 amide bonds. The van der Waals surface area contributed by atoms with Gasteiger partial charge in [-0.25, -0.2) is 4.98 Å². The Bertz CT molecular complexity index is 1390. The van der Waals surface area contributed by atoms with Crippen LogP contribution in [0, 0.1) is 18.3 Å². The first-order valence-corrected chi connectivity index (χ1v) is 10.8. The molecule has 0 saturated carbocycles. The van der Waals surface area contributed by atoms with Crippen LogP contribution >= 0.6 is 22.9 Å². The quantitative estimate of drug-likeness (QED) is 0.389. The zero-order chi connectivity index (χ0) is 22.7. The normalized spacial score (nSPS) is 10.5. The van der Waals surface area contributed by atoms with E-state index in [2.05, 4.69) is 10.3 Å². The van der Waals surface area contributed by atoms with Gasteiger partial charge in [0.2, 0.25) is 0 Å². The maximum Gasteiger partial charge on any atom is 0.262 e. The van der Waals surface area contributed by atoms with E-state index in [1.807, 2.05) is 19.1 Å². The lowest BCUT2D eigenvalue weighted by Crippen LogP contribution is -2.21. The summed E-state index contributed by atoms with van der Waals surface area (Å²) in [6.45, 7) is 1.63. The third-order valence-corrected chi connectivity index (χ3v) is 5.76. The summed E-state index contributed by atoms with van der Waals surface area (Å²) >= 11 is 7.67. The third-order valence-electron chi connectivity index (χ3n) is 4.58. The number of nitriles is 1. The summed E-state index contributed by atoms with van der Waals surface area (Å²) in [7, 11) is 0. The van der Waals surface area contributed by atoms with E-state index in [0.29, 0.717) is 21.8 Å². The Labute approximate surface area is 193 Å². The highest BCUT2D eigenvalue weighted by molar-refractivity contribution is 7.18. The van der Waals surface area contributed by atoms with E-state index in [4.69, 9.17) is 21.6 Å². The van der Waals surface area contributed by atoms with Crippen molar-refractivity contribution >= 4 is 50.5 Å². The van der Waals surface area contributed by atoms with Crippen molar-refractivity contribution in [3.63, 3.8) is 0 Å². The van der Waals surface area contributed by atoms with Crippen LogP contribution in [0.5, 0.6) is 5.75 Å². The maximum absolute atomic E-state index is 13.0. The summed E-state index contributed by atoms with van der Waals surface area (Å²) < 4.78 is 6.69. The highest BCUT2D eigenvalue weighted by atomic mass is 35.5. The number of thiazole rings is 1. The van der Waals surface area contributed by atoms with Gasteiger partial charge in [-0.1, -0.05) is 23.7 Å². The van der Waals surface area contributed by atoms with Crippen molar-refractivity contribution in [2.24, 2.45) is 0 Å². The molecule has 0 aliphatic rings. The molecular formula is C24H16ClN3O3S. The van der Waals surface area contributed by atoms with E-state index in [1.54, 1.807) is 53.8 Å². The third kappa shape index (κ3) is 4.78. The number of hydrogen-bond donors (Lipinski definition) is 1. The summed E-state index contributed by atoms with van der Waals surface area (Å²) in [5, 5.41) is 13.2. The molecule has 4 rings (SSSR count). The zero-order valence-electron chi connectivity index (χ0n) is 16.9. The number of halogens is 1. The van der Waals surface area contributed by atoms with Crippen molar-refractivity contribution < 1.29 is 14.3 Å². The Morgan fingerprint density at radius 1 is 1.16 bits per heavy atom. The lowest BCUT2D eigenvalue weighted by atomic mass is 10.0. The number of carbonyl (C=O) groups excluding carboxylic acids is 2. The van der Waals surface area contributed by atoms with Crippen LogP contribution in [0.25, 0.3) is 10.2 Å². The summed E-state index contributed by atoms with van der Waals surface area (Å²) in [5.74, 6) is -0.511. The van der Waals surface area contributed by atoms with Gasteiger partial charge < -0.3 is 10.1 Å². The van der Waals surface area contributed by atoms with Crippen LogP contribution in [-0.4, -0.2) is 23.3 Å². The lowest BCUT2D eigenvalue weighted by molar-refractivity contribution is -0.118. The minimum absolute atomic E-state index is 0.208. The Morgan fingerprint density at radius 2 is 2.00 bits per heavy atom. The highest BCUT2D eigenvalue weighted by Gasteiger charge is 2.17. The first-order chi connectivity index (χ1) is 15.4. The van der Waals surface area contributed by atoms with Crippen molar-refractivity contribution in [1.29, 1.82) is 5.26 Å². The fraction of sp³-hybridized carbons (Fsp3) is 0.0833. The molecule has 0 aliphatic carbocycles. The number of amides is 1. The van der Waals surface area contributed by atoms with E-state index >= 15 is 0 Å². The first kappa shape index (κ1) is 21.5. The Hall–Kier alpha value is -3.73. The number of aromatic nitrogens is 1. The maximum atomic E-state index is 13.0.